The molecule has 2 atom stereocenters. The van der Waals surface area contributed by atoms with E-state index >= 15 is 0 Å². The third-order valence-electron chi connectivity index (χ3n) is 7.78. The average Bonchev–Trinajstić information content (AvgIpc) is 3.54. The van der Waals surface area contributed by atoms with Gasteiger partial charge in [0.1, 0.15) is 18.6 Å². The molecule has 4 aliphatic rings. The van der Waals surface area contributed by atoms with Crippen LogP contribution in [0.1, 0.15) is 44.3 Å². The zero-order chi connectivity index (χ0) is 22.9. The summed E-state index contributed by atoms with van der Waals surface area (Å²) in [5, 5.41) is 14.4. The number of hydrogen-bond acceptors (Lipinski definition) is 7. The molecular formula is C24H31N4O5+. The Morgan fingerprint density at radius 3 is 2.58 bits per heavy atom. The lowest BCUT2D eigenvalue weighted by Gasteiger charge is -2.51. The standard InChI is InChI=1S/C24H30N4O5/c29-22(27-19-12-25-16-26-13-19)15-28-9-7-17(8-10-28)20(14-28)33-23(30)24(31,18-4-1-2-5-18)21-6-3-11-32-21/h3,6,11-13,16-18,20,31H,1-2,4-5,7-10,14-15H2/p+1/t17?,20?,24-,28?/m1/s1. The van der Waals surface area contributed by atoms with Gasteiger partial charge in [0, 0.05) is 24.7 Å². The number of aromatic nitrogens is 2. The number of quaternary nitrogens is 1. The predicted octanol–water partition coefficient (Wildman–Crippen LogP) is 2.24. The number of fused-ring (bicyclic) bond motifs is 3. The Balaban J connectivity index is 1.28. The maximum Gasteiger partial charge on any atom is 0.346 e. The van der Waals surface area contributed by atoms with Crippen molar-refractivity contribution in [2.75, 3.05) is 31.5 Å². The number of amides is 1. The van der Waals surface area contributed by atoms with E-state index in [0.29, 0.717) is 23.3 Å². The van der Waals surface area contributed by atoms with Crippen LogP contribution in [0.2, 0.25) is 0 Å². The van der Waals surface area contributed by atoms with Crippen LogP contribution in [-0.2, 0) is 19.9 Å². The molecule has 2 aromatic rings. The second-order valence-electron chi connectivity index (χ2n) is 9.81. The van der Waals surface area contributed by atoms with Crippen LogP contribution in [0, 0.1) is 11.8 Å². The van der Waals surface area contributed by atoms with Crippen molar-refractivity contribution in [1.82, 2.24) is 9.97 Å². The van der Waals surface area contributed by atoms with Gasteiger partial charge in [-0.05, 0) is 25.0 Å². The summed E-state index contributed by atoms with van der Waals surface area (Å²) in [6, 6.07) is 3.34. The molecule has 0 spiro atoms. The summed E-state index contributed by atoms with van der Waals surface area (Å²) in [4.78, 5) is 34.0. The second kappa shape index (κ2) is 8.87. The lowest BCUT2D eigenvalue weighted by Crippen LogP contribution is -2.66. The van der Waals surface area contributed by atoms with Crippen molar-refractivity contribution in [2.24, 2.45) is 11.8 Å². The molecule has 0 radical (unpaired) electrons. The number of nitrogens with zero attached hydrogens (tertiary/aromatic N) is 3. The largest absolute Gasteiger partial charge is 0.466 e. The molecule has 1 aliphatic carbocycles. The number of esters is 1. The molecule has 3 aliphatic heterocycles. The number of ether oxygens (including phenoxy) is 1. The first-order valence-corrected chi connectivity index (χ1v) is 11.9. The fourth-order valence-corrected chi connectivity index (χ4v) is 5.98. The van der Waals surface area contributed by atoms with Gasteiger partial charge in [-0.15, -0.1) is 0 Å². The first-order valence-electron chi connectivity index (χ1n) is 11.9. The molecule has 2 bridgehead atoms. The molecule has 1 amide bonds. The summed E-state index contributed by atoms with van der Waals surface area (Å²) in [5.74, 6) is -0.419. The van der Waals surface area contributed by atoms with Crippen LogP contribution in [0.5, 0.6) is 0 Å². The summed E-state index contributed by atoms with van der Waals surface area (Å²) in [6.07, 6.45) is 11.0. The Hall–Kier alpha value is -2.78. The average molecular weight is 456 g/mol. The number of piperidine rings is 3. The van der Waals surface area contributed by atoms with Crippen LogP contribution in [0.25, 0.3) is 0 Å². The molecule has 3 saturated heterocycles. The van der Waals surface area contributed by atoms with Gasteiger partial charge in [-0.2, -0.15) is 0 Å². The topological polar surface area (TPSA) is 115 Å². The van der Waals surface area contributed by atoms with Crippen LogP contribution in [0.4, 0.5) is 5.69 Å². The minimum atomic E-state index is -1.76. The summed E-state index contributed by atoms with van der Waals surface area (Å²) in [5.41, 5.74) is -1.20. The van der Waals surface area contributed by atoms with Gasteiger partial charge >= 0.3 is 5.97 Å². The molecule has 5 heterocycles. The summed E-state index contributed by atoms with van der Waals surface area (Å²) in [7, 11) is 0. The van der Waals surface area contributed by atoms with Gasteiger partial charge in [0.25, 0.3) is 5.91 Å². The molecule has 9 nitrogen and oxygen atoms in total. The molecule has 6 rings (SSSR count). The zero-order valence-electron chi connectivity index (χ0n) is 18.7. The third-order valence-corrected chi connectivity index (χ3v) is 7.78. The molecular weight excluding hydrogens is 424 g/mol. The Labute approximate surface area is 192 Å². The highest BCUT2D eigenvalue weighted by Gasteiger charge is 2.54. The van der Waals surface area contributed by atoms with Crippen LogP contribution < -0.4 is 5.32 Å². The van der Waals surface area contributed by atoms with Crippen LogP contribution in [0.3, 0.4) is 0 Å². The van der Waals surface area contributed by atoms with E-state index in [1.165, 1.54) is 12.6 Å². The smallest absolute Gasteiger partial charge is 0.346 e. The van der Waals surface area contributed by atoms with Crippen molar-refractivity contribution in [3.05, 3.63) is 42.9 Å². The van der Waals surface area contributed by atoms with E-state index in [1.807, 2.05) is 0 Å². The highest BCUT2D eigenvalue weighted by molar-refractivity contribution is 5.91. The first-order chi connectivity index (χ1) is 16.0. The van der Waals surface area contributed by atoms with E-state index in [9.17, 15) is 14.7 Å². The maximum atomic E-state index is 13.4. The molecule has 1 saturated carbocycles. The van der Waals surface area contributed by atoms with Crippen molar-refractivity contribution < 1.29 is 28.3 Å². The van der Waals surface area contributed by atoms with Crippen LogP contribution in [0.15, 0.2) is 41.5 Å². The number of rotatable bonds is 7. The molecule has 1 unspecified atom stereocenters. The van der Waals surface area contributed by atoms with Gasteiger partial charge in [-0.25, -0.2) is 14.8 Å². The van der Waals surface area contributed by atoms with Crippen molar-refractivity contribution in [3.63, 3.8) is 0 Å². The van der Waals surface area contributed by atoms with Crippen molar-refractivity contribution in [2.45, 2.75) is 50.2 Å². The van der Waals surface area contributed by atoms with Crippen molar-refractivity contribution in [1.29, 1.82) is 0 Å². The zero-order valence-corrected chi connectivity index (χ0v) is 18.7. The van der Waals surface area contributed by atoms with Gasteiger partial charge < -0.3 is 24.1 Å². The van der Waals surface area contributed by atoms with Gasteiger partial charge in [-0.3, -0.25) is 4.79 Å². The summed E-state index contributed by atoms with van der Waals surface area (Å²) >= 11 is 0. The molecule has 4 fully saturated rings. The maximum absolute atomic E-state index is 13.4. The molecule has 176 valence electrons. The van der Waals surface area contributed by atoms with Crippen LogP contribution in [-0.4, -0.2) is 63.7 Å². The van der Waals surface area contributed by atoms with E-state index in [4.69, 9.17) is 9.15 Å². The lowest BCUT2D eigenvalue weighted by molar-refractivity contribution is -0.939. The van der Waals surface area contributed by atoms with Gasteiger partial charge in [0.15, 0.2) is 12.6 Å². The Bertz CT molecular complexity index is 968. The highest BCUT2D eigenvalue weighted by Crippen LogP contribution is 2.43. The number of furan rings is 1. The predicted molar refractivity (Wildman–Crippen MR) is 118 cm³/mol. The van der Waals surface area contributed by atoms with Crippen LogP contribution >= 0.6 is 0 Å². The summed E-state index contributed by atoms with van der Waals surface area (Å²) < 4.78 is 12.1. The summed E-state index contributed by atoms with van der Waals surface area (Å²) in [6.45, 7) is 2.64. The number of carbonyl (C=O) groups is 2. The number of carbonyl (C=O) groups excluding carboxylic acids is 2. The number of aliphatic hydroxyl groups is 1. The molecule has 33 heavy (non-hydrogen) atoms. The van der Waals surface area contributed by atoms with Gasteiger partial charge in [0.05, 0.1) is 37.4 Å². The quantitative estimate of drug-likeness (QED) is 0.486. The Morgan fingerprint density at radius 2 is 1.91 bits per heavy atom. The minimum absolute atomic E-state index is 0.103. The monoisotopic (exact) mass is 455 g/mol. The highest BCUT2D eigenvalue weighted by atomic mass is 16.6. The normalized spacial score (nSPS) is 28.9. The first kappa shape index (κ1) is 22.0. The SMILES string of the molecule is O=C(C[N+]12CCC(CC1)C(OC(=O)[C@](O)(c1ccco1)C1CCCC1)C2)Nc1cncnc1. The number of hydrogen-bond donors (Lipinski definition) is 2. The van der Waals surface area contributed by atoms with Crippen molar-refractivity contribution in [3.8, 4) is 0 Å². The second-order valence-corrected chi connectivity index (χ2v) is 9.81. The Morgan fingerprint density at radius 1 is 1.18 bits per heavy atom. The fraction of sp³-hybridized carbons (Fsp3) is 0.583. The Kier molecular flexibility index (Phi) is 5.92. The lowest BCUT2D eigenvalue weighted by atomic mass is 9.81. The van der Waals surface area contributed by atoms with Crippen molar-refractivity contribution >= 4 is 17.6 Å². The van der Waals surface area contributed by atoms with Gasteiger partial charge in [-0.1, -0.05) is 12.8 Å². The number of nitrogens with one attached hydrogen (secondary N) is 1. The number of anilines is 1. The molecule has 2 aromatic heterocycles. The minimum Gasteiger partial charge on any atom is -0.466 e. The van der Waals surface area contributed by atoms with E-state index < -0.39 is 11.6 Å². The molecule has 0 aromatic carbocycles. The van der Waals surface area contributed by atoms with E-state index in [0.717, 1.165) is 51.6 Å². The fourth-order valence-electron chi connectivity index (χ4n) is 5.98. The molecule has 9 heteroatoms. The van der Waals surface area contributed by atoms with E-state index in [1.54, 1.807) is 24.5 Å². The van der Waals surface area contributed by atoms with E-state index in [2.05, 4.69) is 15.3 Å². The van der Waals surface area contributed by atoms with Gasteiger partial charge in [0.2, 0.25) is 5.60 Å². The van der Waals surface area contributed by atoms with E-state index in [-0.39, 0.29) is 29.6 Å². The molecule has 2 N–H and O–H groups in total. The third kappa shape index (κ3) is 4.27.